The Kier molecular flexibility index (Phi) is 10.3. The van der Waals surface area contributed by atoms with Gasteiger partial charge in [0.25, 0.3) is 23.3 Å². The highest BCUT2D eigenvalue weighted by Crippen LogP contribution is 2.48. The molecule has 3 fully saturated rings. The molecule has 1 unspecified atom stereocenters. The number of methoxy groups -OCH3 is 2. The third-order valence-electron chi connectivity index (χ3n) is 14.1. The van der Waals surface area contributed by atoms with Crippen LogP contribution >= 0.6 is 0 Å². The SMILES string of the molecule is COc1cc(-c2cn(C)c(=O)c3cnc(C(C)C)cc23)cc(OC)c1C(=O)N1CCC2(CCC(CN3Cc4cc5c(cc4C3)C(=O)N(C3CCC(=O)NC3=O)C5=O)CC2)CC1. The van der Waals surface area contributed by atoms with Gasteiger partial charge in [-0.15, -0.1) is 0 Å². The van der Waals surface area contributed by atoms with E-state index in [0.717, 1.165) is 83.3 Å². The molecule has 4 aromatic rings. The number of aryl methyl sites for hydroxylation is 1. The highest BCUT2D eigenvalue weighted by molar-refractivity contribution is 6.23. The maximum absolute atomic E-state index is 14.3. The molecule has 1 N–H and O–H groups in total. The Morgan fingerprint density at radius 3 is 2.03 bits per heavy atom. The van der Waals surface area contributed by atoms with Crippen LogP contribution in [0.25, 0.3) is 21.9 Å². The van der Waals surface area contributed by atoms with Gasteiger partial charge in [-0.2, -0.15) is 0 Å². The normalized spacial score (nSPS) is 20.5. The number of nitrogens with one attached hydrogen (secondary N) is 1. The first-order chi connectivity index (χ1) is 29.3. The van der Waals surface area contributed by atoms with Gasteiger partial charge in [-0.25, -0.2) is 0 Å². The van der Waals surface area contributed by atoms with Gasteiger partial charge in [0, 0.05) is 69.8 Å². The van der Waals surface area contributed by atoms with Crippen LogP contribution in [-0.4, -0.2) is 93.7 Å². The molecule has 1 spiro atoms. The van der Waals surface area contributed by atoms with Crippen molar-refractivity contribution in [3.63, 3.8) is 0 Å². The highest BCUT2D eigenvalue weighted by Gasteiger charge is 2.46. The first-order valence-corrected chi connectivity index (χ1v) is 21.4. The molecule has 61 heavy (non-hydrogen) atoms. The molecule has 4 aliphatic heterocycles. The number of fused-ring (bicyclic) bond motifs is 3. The largest absolute Gasteiger partial charge is 0.496 e. The van der Waals surface area contributed by atoms with Gasteiger partial charge in [-0.3, -0.25) is 48.9 Å². The third kappa shape index (κ3) is 7.08. The number of likely N-dealkylation sites (tertiary alicyclic amines) is 1. The molecule has 1 saturated carbocycles. The maximum atomic E-state index is 14.3. The second-order valence-corrected chi connectivity index (χ2v) is 18.0. The molecule has 6 heterocycles. The van der Waals surface area contributed by atoms with Crippen molar-refractivity contribution in [2.75, 3.05) is 33.9 Å². The predicted molar refractivity (Wildman–Crippen MR) is 226 cm³/mol. The Hall–Kier alpha value is -5.89. The lowest BCUT2D eigenvalue weighted by molar-refractivity contribution is -0.136. The number of amides is 5. The summed E-state index contributed by atoms with van der Waals surface area (Å²) in [7, 11) is 4.85. The van der Waals surface area contributed by atoms with Crippen molar-refractivity contribution in [3.8, 4) is 22.6 Å². The fourth-order valence-electron chi connectivity index (χ4n) is 10.4. The number of ether oxygens (including phenoxy) is 2. The van der Waals surface area contributed by atoms with Crippen molar-refractivity contribution >= 4 is 40.3 Å². The fraction of sp³-hybridized carbons (Fsp3) is 0.468. The lowest BCUT2D eigenvalue weighted by Gasteiger charge is -2.46. The van der Waals surface area contributed by atoms with Crippen molar-refractivity contribution in [3.05, 3.63) is 86.6 Å². The van der Waals surface area contributed by atoms with Gasteiger partial charge in [-0.1, -0.05) is 13.8 Å². The van der Waals surface area contributed by atoms with Crippen molar-refractivity contribution in [2.45, 2.75) is 90.3 Å². The average molecular weight is 829 g/mol. The third-order valence-corrected chi connectivity index (χ3v) is 14.1. The number of carbonyl (C=O) groups excluding carboxylic acids is 5. The lowest BCUT2D eigenvalue weighted by atomic mass is 9.65. The summed E-state index contributed by atoms with van der Waals surface area (Å²) in [4.78, 5) is 88.2. The van der Waals surface area contributed by atoms with E-state index in [9.17, 15) is 28.8 Å². The van der Waals surface area contributed by atoms with E-state index in [1.54, 1.807) is 32.0 Å². The van der Waals surface area contributed by atoms with Gasteiger partial charge in [-0.05, 0) is 115 Å². The van der Waals surface area contributed by atoms with Crippen LogP contribution in [-0.2, 0) is 29.7 Å². The zero-order valence-corrected chi connectivity index (χ0v) is 35.5. The quantitative estimate of drug-likeness (QED) is 0.223. The summed E-state index contributed by atoms with van der Waals surface area (Å²) in [5.74, 6) is -0.511. The minimum absolute atomic E-state index is 0.0922. The topological polar surface area (TPSA) is 160 Å². The number of hydrogen-bond acceptors (Lipinski definition) is 10. The molecule has 5 aliphatic rings. The lowest BCUT2D eigenvalue weighted by Crippen LogP contribution is -2.54. The van der Waals surface area contributed by atoms with E-state index in [-0.39, 0.29) is 35.6 Å². The molecule has 14 heteroatoms. The molecule has 318 valence electrons. The molecule has 9 rings (SSSR count). The molecule has 1 atom stereocenters. The molecule has 1 aliphatic carbocycles. The number of piperidine rings is 2. The Bertz CT molecular complexity index is 2510. The zero-order valence-electron chi connectivity index (χ0n) is 35.5. The van der Waals surface area contributed by atoms with E-state index >= 15 is 0 Å². The molecule has 2 saturated heterocycles. The Morgan fingerprint density at radius 2 is 1.46 bits per heavy atom. The van der Waals surface area contributed by atoms with Gasteiger partial charge < -0.3 is 18.9 Å². The van der Waals surface area contributed by atoms with Gasteiger partial charge in [0.2, 0.25) is 11.8 Å². The van der Waals surface area contributed by atoms with E-state index < -0.39 is 29.7 Å². The average Bonchev–Trinajstić information content (AvgIpc) is 3.76. The molecule has 2 aromatic heterocycles. The summed E-state index contributed by atoms with van der Waals surface area (Å²) in [6.45, 7) is 7.77. The van der Waals surface area contributed by atoms with Gasteiger partial charge in [0.1, 0.15) is 23.1 Å². The number of carbonyl (C=O) groups is 5. The summed E-state index contributed by atoms with van der Waals surface area (Å²) in [6.07, 6.45) is 9.98. The standard InChI is InChI=1S/C47H52N6O8/c1-26(2)36-20-31-34(21-48-36)43(56)50(3)25-35(31)28-18-38(60-4)41(39(19-28)61-5)46(59)52-14-12-47(13-15-52)10-8-27(9-11-47)22-51-23-29-16-32-33(17-30(29)24-51)45(58)53(44(32)57)37-6-7-40(54)49-42(37)55/h16-21,25-27,37H,6-15,22-24H2,1-5H3,(H,49,54,55). The van der Waals surface area contributed by atoms with E-state index in [4.69, 9.17) is 9.47 Å². The van der Waals surface area contributed by atoms with Crippen LogP contribution in [0.1, 0.15) is 119 Å². The molecular weight excluding hydrogens is 777 g/mol. The summed E-state index contributed by atoms with van der Waals surface area (Å²) in [6, 6.07) is 8.38. The predicted octanol–water partition coefficient (Wildman–Crippen LogP) is 5.57. The number of benzene rings is 2. The zero-order chi connectivity index (χ0) is 42.9. The van der Waals surface area contributed by atoms with E-state index in [1.807, 2.05) is 41.4 Å². The Morgan fingerprint density at radius 1 is 0.836 bits per heavy atom. The summed E-state index contributed by atoms with van der Waals surface area (Å²) in [5, 5.41) is 3.56. The molecule has 5 amide bonds. The first-order valence-electron chi connectivity index (χ1n) is 21.4. The molecule has 14 nitrogen and oxygen atoms in total. The Balaban J connectivity index is 0.829. The minimum Gasteiger partial charge on any atom is -0.496 e. The summed E-state index contributed by atoms with van der Waals surface area (Å²) < 4.78 is 13.3. The summed E-state index contributed by atoms with van der Waals surface area (Å²) in [5.41, 5.74) is 5.67. The van der Waals surface area contributed by atoms with Gasteiger partial charge in [0.05, 0.1) is 30.7 Å². The van der Waals surface area contributed by atoms with Gasteiger partial charge in [0.15, 0.2) is 0 Å². The van der Waals surface area contributed by atoms with E-state index in [0.29, 0.717) is 65.7 Å². The van der Waals surface area contributed by atoms with Crippen LogP contribution in [0.3, 0.4) is 0 Å². The molecule has 0 radical (unpaired) electrons. The van der Waals surface area contributed by atoms with E-state index in [1.165, 1.54) is 0 Å². The second kappa shape index (κ2) is 15.5. The number of hydrogen-bond donors (Lipinski definition) is 1. The smallest absolute Gasteiger partial charge is 0.262 e. The second-order valence-electron chi connectivity index (χ2n) is 18.0. The number of aromatic nitrogens is 2. The number of rotatable bonds is 8. The summed E-state index contributed by atoms with van der Waals surface area (Å²) >= 11 is 0. The highest BCUT2D eigenvalue weighted by atomic mass is 16.5. The maximum Gasteiger partial charge on any atom is 0.262 e. The first kappa shape index (κ1) is 40.5. The van der Waals surface area contributed by atoms with Crippen molar-refractivity contribution in [2.24, 2.45) is 18.4 Å². The monoisotopic (exact) mass is 828 g/mol. The van der Waals surface area contributed by atoms with Gasteiger partial charge >= 0.3 is 0 Å². The molecular formula is C47H52N6O8. The van der Waals surface area contributed by atoms with Crippen LogP contribution in [0.5, 0.6) is 11.5 Å². The number of nitrogens with zero attached hydrogens (tertiary/aromatic N) is 5. The molecule has 0 bridgehead atoms. The van der Waals surface area contributed by atoms with Crippen LogP contribution in [0, 0.1) is 11.3 Å². The number of pyridine rings is 2. The van der Waals surface area contributed by atoms with E-state index in [2.05, 4.69) is 29.0 Å². The van der Waals surface area contributed by atoms with Crippen molar-refractivity contribution < 1.29 is 33.4 Å². The van der Waals surface area contributed by atoms with Crippen LogP contribution in [0.15, 0.2) is 47.5 Å². The minimum atomic E-state index is -0.970. The molecule has 2 aromatic carbocycles. The Labute approximate surface area is 354 Å². The van der Waals surface area contributed by atoms with Crippen LogP contribution in [0.2, 0.25) is 0 Å². The van der Waals surface area contributed by atoms with Crippen LogP contribution < -0.4 is 20.3 Å². The van der Waals surface area contributed by atoms with Crippen molar-refractivity contribution in [1.29, 1.82) is 0 Å². The van der Waals surface area contributed by atoms with Crippen molar-refractivity contribution in [1.82, 2.24) is 29.6 Å². The fourth-order valence-corrected chi connectivity index (χ4v) is 10.4. The van der Waals surface area contributed by atoms with Crippen LogP contribution in [0.4, 0.5) is 0 Å². The number of imide groups is 2.